The van der Waals surface area contributed by atoms with Gasteiger partial charge in [0.2, 0.25) is 5.91 Å². The number of halogens is 3. The topological polar surface area (TPSA) is 69.0 Å². The number of para-hydroxylation sites is 2. The second-order valence-electron chi connectivity index (χ2n) is 7.16. The van der Waals surface area contributed by atoms with Gasteiger partial charge in [0.05, 0.1) is 16.5 Å². The maximum absolute atomic E-state index is 14.1. The maximum Gasteiger partial charge on any atom is 0.234 e. The third kappa shape index (κ3) is 5.70. The van der Waals surface area contributed by atoms with E-state index in [2.05, 4.69) is 15.5 Å². The van der Waals surface area contributed by atoms with Crippen LogP contribution in [0.25, 0.3) is 5.69 Å². The SMILES string of the molecule is CC(Oc1ccccc1F)c1nnc(SCC(=O)Nc2cc(Cl)ccc2Cl)n1-c1ccccc1. The smallest absolute Gasteiger partial charge is 0.234 e. The second kappa shape index (κ2) is 10.9. The van der Waals surface area contributed by atoms with Crippen LogP contribution < -0.4 is 10.1 Å². The van der Waals surface area contributed by atoms with Crippen molar-refractivity contribution < 1.29 is 13.9 Å². The first-order valence-corrected chi connectivity index (χ1v) is 12.0. The lowest BCUT2D eigenvalue weighted by Gasteiger charge is -2.17. The predicted octanol–water partition coefficient (Wildman–Crippen LogP) is 6.58. The molecular weight excluding hydrogens is 498 g/mol. The molecule has 0 aliphatic rings. The van der Waals surface area contributed by atoms with Gasteiger partial charge in [-0.2, -0.15) is 0 Å². The number of carbonyl (C=O) groups excluding carboxylic acids is 1. The van der Waals surface area contributed by atoms with Crippen molar-refractivity contribution in [1.82, 2.24) is 14.8 Å². The summed E-state index contributed by atoms with van der Waals surface area (Å²) in [6, 6.07) is 20.4. The highest BCUT2D eigenvalue weighted by Crippen LogP contribution is 2.30. The number of rotatable bonds is 8. The van der Waals surface area contributed by atoms with Crippen LogP contribution in [0.2, 0.25) is 10.0 Å². The van der Waals surface area contributed by atoms with Gasteiger partial charge in [0.15, 0.2) is 28.7 Å². The van der Waals surface area contributed by atoms with Gasteiger partial charge in [-0.25, -0.2) is 4.39 Å². The zero-order valence-electron chi connectivity index (χ0n) is 17.9. The zero-order chi connectivity index (χ0) is 24.1. The molecule has 0 radical (unpaired) electrons. The Balaban J connectivity index is 1.55. The third-order valence-corrected chi connectivity index (χ3v) is 6.21. The second-order valence-corrected chi connectivity index (χ2v) is 8.95. The predicted molar refractivity (Wildman–Crippen MR) is 133 cm³/mol. The number of amides is 1. The molecule has 4 rings (SSSR count). The van der Waals surface area contributed by atoms with Gasteiger partial charge < -0.3 is 10.1 Å². The van der Waals surface area contributed by atoms with Crippen LogP contribution in [-0.2, 0) is 4.79 Å². The van der Waals surface area contributed by atoms with Gasteiger partial charge in [0.25, 0.3) is 0 Å². The molecule has 34 heavy (non-hydrogen) atoms. The average Bonchev–Trinajstić information content (AvgIpc) is 3.26. The fourth-order valence-electron chi connectivity index (χ4n) is 3.15. The molecule has 1 amide bonds. The number of thioether (sulfide) groups is 1. The normalized spacial score (nSPS) is 11.8. The van der Waals surface area contributed by atoms with Crippen LogP contribution in [0.1, 0.15) is 18.9 Å². The molecule has 0 aliphatic carbocycles. The van der Waals surface area contributed by atoms with Crippen molar-refractivity contribution in [2.24, 2.45) is 0 Å². The minimum atomic E-state index is -0.613. The molecule has 0 saturated heterocycles. The molecule has 0 fully saturated rings. The highest BCUT2D eigenvalue weighted by atomic mass is 35.5. The Morgan fingerprint density at radius 2 is 1.82 bits per heavy atom. The van der Waals surface area contributed by atoms with Gasteiger partial charge in [-0.1, -0.05) is 65.3 Å². The molecular formula is C24H19Cl2FN4O2S. The van der Waals surface area contributed by atoms with Crippen LogP contribution in [0.4, 0.5) is 10.1 Å². The van der Waals surface area contributed by atoms with Crippen LogP contribution in [0.5, 0.6) is 5.75 Å². The number of nitrogens with zero attached hydrogens (tertiary/aromatic N) is 3. The number of hydrogen-bond acceptors (Lipinski definition) is 5. The Labute approximate surface area is 210 Å². The highest BCUT2D eigenvalue weighted by molar-refractivity contribution is 7.99. The van der Waals surface area contributed by atoms with Gasteiger partial charge in [0, 0.05) is 10.7 Å². The monoisotopic (exact) mass is 516 g/mol. The number of hydrogen-bond donors (Lipinski definition) is 1. The highest BCUT2D eigenvalue weighted by Gasteiger charge is 2.22. The first-order valence-electron chi connectivity index (χ1n) is 10.2. The lowest BCUT2D eigenvalue weighted by molar-refractivity contribution is -0.113. The van der Waals surface area contributed by atoms with Gasteiger partial charge in [-0.05, 0) is 49.4 Å². The summed E-state index contributed by atoms with van der Waals surface area (Å²) in [5.74, 6) is -0.115. The van der Waals surface area contributed by atoms with Crippen LogP contribution >= 0.6 is 35.0 Å². The summed E-state index contributed by atoms with van der Waals surface area (Å²) in [5, 5.41) is 12.6. The Bertz CT molecular complexity index is 1300. The van der Waals surface area contributed by atoms with Gasteiger partial charge in [-0.3, -0.25) is 9.36 Å². The van der Waals surface area contributed by atoms with Gasteiger partial charge in [0.1, 0.15) is 0 Å². The number of anilines is 1. The fourth-order valence-corrected chi connectivity index (χ4v) is 4.25. The Kier molecular flexibility index (Phi) is 7.72. The van der Waals surface area contributed by atoms with Crippen LogP contribution in [0.3, 0.4) is 0 Å². The minimum Gasteiger partial charge on any atom is -0.480 e. The molecule has 0 bridgehead atoms. The molecule has 1 heterocycles. The lowest BCUT2D eigenvalue weighted by Crippen LogP contribution is -2.15. The van der Waals surface area contributed by atoms with Crippen molar-refractivity contribution in [2.75, 3.05) is 11.1 Å². The van der Waals surface area contributed by atoms with E-state index in [0.717, 1.165) is 5.69 Å². The molecule has 0 aliphatic heterocycles. The largest absolute Gasteiger partial charge is 0.480 e. The molecule has 0 spiro atoms. The van der Waals surface area contributed by atoms with Crippen molar-refractivity contribution in [2.45, 2.75) is 18.2 Å². The zero-order valence-corrected chi connectivity index (χ0v) is 20.2. The minimum absolute atomic E-state index is 0.0519. The van der Waals surface area contributed by atoms with Crippen molar-refractivity contribution in [3.8, 4) is 11.4 Å². The van der Waals surface area contributed by atoms with E-state index >= 15 is 0 Å². The molecule has 3 aromatic carbocycles. The van der Waals surface area contributed by atoms with E-state index < -0.39 is 11.9 Å². The van der Waals surface area contributed by atoms with Crippen LogP contribution in [-0.4, -0.2) is 26.4 Å². The summed E-state index contributed by atoms with van der Waals surface area (Å²) in [6.45, 7) is 1.76. The molecule has 10 heteroatoms. The molecule has 1 N–H and O–H groups in total. The summed E-state index contributed by atoms with van der Waals surface area (Å²) in [6.07, 6.45) is -0.613. The summed E-state index contributed by atoms with van der Waals surface area (Å²) in [5.41, 5.74) is 1.21. The van der Waals surface area contributed by atoms with E-state index in [1.807, 2.05) is 30.3 Å². The van der Waals surface area contributed by atoms with E-state index in [4.69, 9.17) is 27.9 Å². The molecule has 1 unspecified atom stereocenters. The number of ether oxygens (including phenoxy) is 1. The van der Waals surface area contributed by atoms with E-state index in [-0.39, 0.29) is 17.4 Å². The first kappa shape index (κ1) is 24.1. The number of carbonyl (C=O) groups is 1. The van der Waals surface area contributed by atoms with Crippen LogP contribution in [0.15, 0.2) is 78.0 Å². The standard InChI is InChI=1S/C24H19Cl2FN4O2S/c1-15(33-21-10-6-5-9-19(21)27)23-29-30-24(31(23)17-7-3-2-4-8-17)34-14-22(32)28-20-13-16(25)11-12-18(20)26/h2-13,15H,14H2,1H3,(H,28,32). The fraction of sp³-hybridized carbons (Fsp3) is 0.125. The number of nitrogens with one attached hydrogen (secondary N) is 1. The molecule has 0 saturated carbocycles. The molecule has 174 valence electrons. The van der Waals surface area contributed by atoms with E-state index in [1.165, 1.54) is 17.8 Å². The van der Waals surface area contributed by atoms with Gasteiger partial charge >= 0.3 is 0 Å². The number of benzene rings is 3. The average molecular weight is 517 g/mol. The third-order valence-electron chi connectivity index (χ3n) is 4.71. The lowest BCUT2D eigenvalue weighted by atomic mass is 10.3. The molecule has 4 aromatic rings. The molecule has 6 nitrogen and oxygen atoms in total. The van der Waals surface area contributed by atoms with Crippen molar-refractivity contribution >= 4 is 46.6 Å². The summed E-state index contributed by atoms with van der Waals surface area (Å²) >= 11 is 13.3. The Morgan fingerprint density at radius 3 is 2.59 bits per heavy atom. The summed E-state index contributed by atoms with van der Waals surface area (Å²) in [4.78, 5) is 12.6. The Morgan fingerprint density at radius 1 is 1.09 bits per heavy atom. The summed E-state index contributed by atoms with van der Waals surface area (Å²) < 4.78 is 21.7. The molecule has 1 atom stereocenters. The summed E-state index contributed by atoms with van der Waals surface area (Å²) in [7, 11) is 0. The van der Waals surface area contributed by atoms with Crippen molar-refractivity contribution in [3.05, 3.63) is 94.5 Å². The van der Waals surface area contributed by atoms with E-state index in [1.54, 1.807) is 47.9 Å². The maximum atomic E-state index is 14.1. The first-order chi connectivity index (χ1) is 16.4. The number of aromatic nitrogens is 3. The van der Waals surface area contributed by atoms with Gasteiger partial charge in [-0.15, -0.1) is 10.2 Å². The van der Waals surface area contributed by atoms with Crippen molar-refractivity contribution in [3.63, 3.8) is 0 Å². The van der Waals surface area contributed by atoms with E-state index in [0.29, 0.717) is 26.7 Å². The van der Waals surface area contributed by atoms with Crippen LogP contribution in [0, 0.1) is 5.82 Å². The quantitative estimate of drug-likeness (QED) is 0.267. The Hall–Kier alpha value is -3.07. The van der Waals surface area contributed by atoms with Crippen molar-refractivity contribution in [1.29, 1.82) is 0 Å². The van der Waals surface area contributed by atoms with E-state index in [9.17, 15) is 9.18 Å². The molecule has 1 aromatic heterocycles.